The number of benzene rings is 11. The van der Waals surface area contributed by atoms with E-state index in [0.29, 0.717) is 0 Å². The zero-order chi connectivity index (χ0) is 40.5. The minimum absolute atomic E-state index is 1.09. The van der Waals surface area contributed by atoms with Crippen LogP contribution in [0.3, 0.4) is 0 Å². The van der Waals surface area contributed by atoms with Crippen molar-refractivity contribution in [2.24, 2.45) is 0 Å². The first-order chi connectivity index (χ1) is 30.2. The number of anilines is 3. The van der Waals surface area contributed by atoms with E-state index in [-0.39, 0.29) is 0 Å². The van der Waals surface area contributed by atoms with Crippen molar-refractivity contribution in [3.05, 3.63) is 249 Å². The number of fused-ring (bicyclic) bond motifs is 3. The van der Waals surface area contributed by atoms with E-state index >= 15 is 0 Å². The highest BCUT2D eigenvalue weighted by Crippen LogP contribution is 2.44. The Balaban J connectivity index is 1.04. The first kappa shape index (κ1) is 36.1. The van der Waals surface area contributed by atoms with Crippen molar-refractivity contribution in [3.63, 3.8) is 0 Å². The summed E-state index contributed by atoms with van der Waals surface area (Å²) in [6.45, 7) is 0. The zero-order valence-corrected chi connectivity index (χ0v) is 33.6. The number of hydrogen-bond donors (Lipinski definition) is 0. The summed E-state index contributed by atoms with van der Waals surface area (Å²) in [5.74, 6) is 0. The lowest BCUT2D eigenvalue weighted by molar-refractivity contribution is 1.30. The van der Waals surface area contributed by atoms with Gasteiger partial charge in [0.25, 0.3) is 0 Å². The zero-order valence-electron chi connectivity index (χ0n) is 33.6. The van der Waals surface area contributed by atoms with Crippen molar-refractivity contribution in [2.75, 3.05) is 4.90 Å². The van der Waals surface area contributed by atoms with Crippen LogP contribution >= 0.6 is 0 Å². The van der Waals surface area contributed by atoms with E-state index in [0.717, 1.165) is 17.1 Å². The summed E-state index contributed by atoms with van der Waals surface area (Å²) in [5, 5.41) is 7.39. The summed E-state index contributed by atoms with van der Waals surface area (Å²) in [6.07, 6.45) is 0. The molecule has 0 heterocycles. The van der Waals surface area contributed by atoms with Crippen LogP contribution in [0.4, 0.5) is 17.1 Å². The molecule has 0 atom stereocenters. The number of rotatable bonds is 8. The predicted molar refractivity (Wildman–Crippen MR) is 261 cm³/mol. The van der Waals surface area contributed by atoms with Gasteiger partial charge in [-0.2, -0.15) is 0 Å². The van der Waals surface area contributed by atoms with Gasteiger partial charge in [-0.05, 0) is 125 Å². The Bertz CT molecular complexity index is 3330. The molecule has 11 aromatic carbocycles. The molecule has 1 heteroatoms. The average molecular weight is 776 g/mol. The van der Waals surface area contributed by atoms with Gasteiger partial charge in [-0.3, -0.25) is 0 Å². The minimum Gasteiger partial charge on any atom is -0.310 e. The summed E-state index contributed by atoms with van der Waals surface area (Å²) < 4.78 is 0. The molecule has 286 valence electrons. The monoisotopic (exact) mass is 775 g/mol. The van der Waals surface area contributed by atoms with Gasteiger partial charge in [-0.1, -0.05) is 206 Å². The smallest absolute Gasteiger partial charge is 0.0540 e. The van der Waals surface area contributed by atoms with Crippen LogP contribution in [0.5, 0.6) is 0 Å². The van der Waals surface area contributed by atoms with Crippen LogP contribution < -0.4 is 4.90 Å². The van der Waals surface area contributed by atoms with E-state index < -0.39 is 0 Å². The fourth-order valence-electron chi connectivity index (χ4n) is 9.06. The van der Waals surface area contributed by atoms with Crippen molar-refractivity contribution in [1.29, 1.82) is 0 Å². The molecule has 0 radical (unpaired) electrons. The van der Waals surface area contributed by atoms with Crippen molar-refractivity contribution in [2.45, 2.75) is 0 Å². The normalized spacial score (nSPS) is 11.3. The molecule has 11 rings (SSSR count). The van der Waals surface area contributed by atoms with E-state index in [1.54, 1.807) is 0 Å². The molecule has 0 bridgehead atoms. The van der Waals surface area contributed by atoms with Gasteiger partial charge in [0.05, 0.1) is 5.69 Å². The number of nitrogens with zero attached hydrogens (tertiary/aromatic N) is 1. The first-order valence-electron chi connectivity index (χ1n) is 21.0. The summed E-state index contributed by atoms with van der Waals surface area (Å²) in [4.78, 5) is 2.41. The third kappa shape index (κ3) is 6.83. The standard InChI is InChI=1S/C60H41N/c1-3-14-42(15-4-1)45-30-34-52(35-31-45)61(59-39-38-54(57-24-9-10-25-58(57)59)51-29-28-44-18-7-8-19-48(44)41-51)53-36-32-46(33-37-53)55-26-12-20-47-21-13-27-56(60(47)55)50-23-11-22-49(40-50)43-16-5-2-6-17-43/h1-41H. The molecule has 0 saturated carbocycles. The lowest BCUT2D eigenvalue weighted by atomic mass is 9.90. The van der Waals surface area contributed by atoms with Crippen LogP contribution in [0.1, 0.15) is 0 Å². The van der Waals surface area contributed by atoms with Gasteiger partial charge in [0.2, 0.25) is 0 Å². The maximum absolute atomic E-state index is 2.41. The molecule has 0 aromatic heterocycles. The predicted octanol–water partition coefficient (Wildman–Crippen LogP) is 17.0. The Labute approximate surface area is 357 Å². The summed E-state index contributed by atoms with van der Waals surface area (Å²) in [5.41, 5.74) is 15.4. The fourth-order valence-corrected chi connectivity index (χ4v) is 9.06. The van der Waals surface area contributed by atoms with Crippen molar-refractivity contribution in [3.8, 4) is 55.6 Å². The Kier molecular flexibility index (Phi) is 9.26. The average Bonchev–Trinajstić information content (AvgIpc) is 3.34. The topological polar surface area (TPSA) is 3.24 Å². The SMILES string of the molecule is c1ccc(-c2ccc(N(c3ccc(-c4cccc5cccc(-c6cccc(-c7ccccc7)c6)c45)cc3)c3ccc(-c4ccc5ccccc5c4)c4ccccc34)cc2)cc1. The highest BCUT2D eigenvalue weighted by molar-refractivity contribution is 6.09. The van der Waals surface area contributed by atoms with Gasteiger partial charge < -0.3 is 4.90 Å². The second-order valence-electron chi connectivity index (χ2n) is 15.7. The maximum Gasteiger partial charge on any atom is 0.0540 e. The molecule has 0 amide bonds. The summed E-state index contributed by atoms with van der Waals surface area (Å²) in [6, 6.07) is 90.4. The molecule has 0 spiro atoms. The lowest BCUT2D eigenvalue weighted by Gasteiger charge is -2.28. The van der Waals surface area contributed by atoms with Crippen LogP contribution in [-0.4, -0.2) is 0 Å². The molecule has 11 aromatic rings. The third-order valence-electron chi connectivity index (χ3n) is 12.1. The van der Waals surface area contributed by atoms with E-state index in [2.05, 4.69) is 254 Å². The van der Waals surface area contributed by atoms with Gasteiger partial charge in [-0.25, -0.2) is 0 Å². The highest BCUT2D eigenvalue weighted by atomic mass is 15.1. The van der Waals surface area contributed by atoms with Crippen LogP contribution in [0, 0.1) is 0 Å². The van der Waals surface area contributed by atoms with Crippen LogP contribution in [0.2, 0.25) is 0 Å². The molecule has 0 saturated heterocycles. The van der Waals surface area contributed by atoms with Crippen molar-refractivity contribution < 1.29 is 0 Å². The van der Waals surface area contributed by atoms with Gasteiger partial charge >= 0.3 is 0 Å². The minimum atomic E-state index is 1.09. The van der Waals surface area contributed by atoms with Crippen LogP contribution in [0.15, 0.2) is 249 Å². The molecular formula is C60H41N. The third-order valence-corrected chi connectivity index (χ3v) is 12.1. The Morgan fingerprint density at radius 3 is 1.41 bits per heavy atom. The van der Waals surface area contributed by atoms with Gasteiger partial charge in [0.15, 0.2) is 0 Å². The maximum atomic E-state index is 2.41. The Morgan fingerprint density at radius 1 is 0.230 bits per heavy atom. The Morgan fingerprint density at radius 2 is 0.705 bits per heavy atom. The first-order valence-corrected chi connectivity index (χ1v) is 21.0. The summed E-state index contributed by atoms with van der Waals surface area (Å²) >= 11 is 0. The van der Waals surface area contributed by atoms with Crippen LogP contribution in [0.25, 0.3) is 88.0 Å². The Hall–Kier alpha value is -8.00. The van der Waals surface area contributed by atoms with Gasteiger partial charge in [0.1, 0.15) is 0 Å². The lowest BCUT2D eigenvalue weighted by Crippen LogP contribution is -2.10. The highest BCUT2D eigenvalue weighted by Gasteiger charge is 2.19. The quantitative estimate of drug-likeness (QED) is 0.149. The molecule has 1 nitrogen and oxygen atoms in total. The van der Waals surface area contributed by atoms with Crippen molar-refractivity contribution >= 4 is 49.4 Å². The van der Waals surface area contributed by atoms with Crippen molar-refractivity contribution in [1.82, 2.24) is 0 Å². The molecule has 0 aliphatic rings. The second-order valence-corrected chi connectivity index (χ2v) is 15.7. The number of hydrogen-bond acceptors (Lipinski definition) is 1. The van der Waals surface area contributed by atoms with Gasteiger partial charge in [0, 0.05) is 16.8 Å². The van der Waals surface area contributed by atoms with Gasteiger partial charge in [-0.15, -0.1) is 0 Å². The van der Waals surface area contributed by atoms with E-state index in [1.165, 1.54) is 88.0 Å². The molecule has 0 aliphatic carbocycles. The molecular weight excluding hydrogens is 735 g/mol. The molecule has 0 aliphatic heterocycles. The summed E-state index contributed by atoms with van der Waals surface area (Å²) in [7, 11) is 0. The van der Waals surface area contributed by atoms with E-state index in [9.17, 15) is 0 Å². The molecule has 0 unspecified atom stereocenters. The molecule has 61 heavy (non-hydrogen) atoms. The molecule has 0 N–H and O–H groups in total. The van der Waals surface area contributed by atoms with Crippen LogP contribution in [-0.2, 0) is 0 Å². The van der Waals surface area contributed by atoms with E-state index in [4.69, 9.17) is 0 Å². The largest absolute Gasteiger partial charge is 0.310 e. The molecule has 0 fully saturated rings. The second kappa shape index (κ2) is 15.6. The van der Waals surface area contributed by atoms with E-state index in [1.807, 2.05) is 0 Å². The fraction of sp³-hybridized carbons (Fsp3) is 0.